The normalized spacial score (nSPS) is 22.6. The van der Waals surface area contributed by atoms with Crippen molar-refractivity contribution in [1.82, 2.24) is 10.2 Å². The van der Waals surface area contributed by atoms with Crippen LogP contribution in [0.5, 0.6) is 0 Å². The summed E-state index contributed by atoms with van der Waals surface area (Å²) < 4.78 is 5.08. The minimum atomic E-state index is -0.506. The van der Waals surface area contributed by atoms with Crippen molar-refractivity contribution in [2.45, 2.75) is 51.1 Å². The summed E-state index contributed by atoms with van der Waals surface area (Å²) in [7, 11) is 3.39. The number of hydrogen-bond donors (Lipinski definition) is 1. The Labute approximate surface area is 116 Å². The van der Waals surface area contributed by atoms with Crippen LogP contribution in [-0.4, -0.2) is 49.7 Å². The molecule has 1 atom stereocenters. The number of carbonyl (C=O) groups excluding carboxylic acids is 1. The van der Waals surface area contributed by atoms with Gasteiger partial charge in [0.2, 0.25) is 0 Å². The Hall–Kier alpha value is -0.610. The fourth-order valence-corrected chi connectivity index (χ4v) is 2.91. The molecule has 1 unspecified atom stereocenters. The Balaban J connectivity index is 2.09. The summed E-state index contributed by atoms with van der Waals surface area (Å²) >= 11 is 0. The zero-order chi connectivity index (χ0) is 14.0. The zero-order valence-electron chi connectivity index (χ0n) is 12.7. The number of nitrogens with zero attached hydrogens (tertiary/aromatic N) is 1. The third-order valence-electron chi connectivity index (χ3n) is 4.64. The molecule has 1 N–H and O–H groups in total. The van der Waals surface area contributed by atoms with Crippen molar-refractivity contribution >= 4 is 5.97 Å². The molecule has 0 spiro atoms. The van der Waals surface area contributed by atoms with E-state index >= 15 is 0 Å². The minimum absolute atomic E-state index is 0.0982. The van der Waals surface area contributed by atoms with Gasteiger partial charge in [-0.15, -0.1) is 0 Å². The number of nitrogens with one attached hydrogen (secondary N) is 1. The van der Waals surface area contributed by atoms with E-state index in [9.17, 15) is 4.79 Å². The molecule has 4 heteroatoms. The van der Waals surface area contributed by atoms with Gasteiger partial charge >= 0.3 is 5.97 Å². The first-order chi connectivity index (χ1) is 9.03. The molecule has 0 saturated heterocycles. The van der Waals surface area contributed by atoms with E-state index in [0.717, 1.165) is 31.8 Å². The van der Waals surface area contributed by atoms with Gasteiger partial charge in [-0.1, -0.05) is 0 Å². The molecule has 2 aliphatic rings. The van der Waals surface area contributed by atoms with Gasteiger partial charge in [0, 0.05) is 19.1 Å². The van der Waals surface area contributed by atoms with Gasteiger partial charge < -0.3 is 10.1 Å². The molecule has 4 nitrogen and oxygen atoms in total. The van der Waals surface area contributed by atoms with Crippen molar-refractivity contribution in [3.8, 4) is 0 Å². The molecular weight excluding hydrogens is 240 g/mol. The second-order valence-corrected chi connectivity index (χ2v) is 6.45. The van der Waals surface area contributed by atoms with Gasteiger partial charge in [0.1, 0.15) is 5.54 Å². The molecule has 0 heterocycles. The SMILES string of the molecule is CNC(CN(CC1CC1)C(C)C)(C(=O)OC)C1CC1. The predicted molar refractivity (Wildman–Crippen MR) is 76.0 cm³/mol. The molecule has 0 radical (unpaired) electrons. The highest BCUT2D eigenvalue weighted by Crippen LogP contribution is 2.41. The van der Waals surface area contributed by atoms with Crippen LogP contribution in [0, 0.1) is 11.8 Å². The number of likely N-dealkylation sites (N-methyl/N-ethyl adjacent to an activating group) is 1. The van der Waals surface area contributed by atoms with E-state index in [0.29, 0.717) is 12.0 Å². The quantitative estimate of drug-likeness (QED) is 0.680. The number of hydrogen-bond acceptors (Lipinski definition) is 4. The van der Waals surface area contributed by atoms with Gasteiger partial charge in [0.05, 0.1) is 7.11 Å². The Kier molecular flexibility index (Phi) is 4.51. The third kappa shape index (κ3) is 3.29. The van der Waals surface area contributed by atoms with Crippen molar-refractivity contribution in [1.29, 1.82) is 0 Å². The molecule has 0 aliphatic heterocycles. The highest BCUT2D eigenvalue weighted by atomic mass is 16.5. The highest BCUT2D eigenvalue weighted by Gasteiger charge is 2.52. The minimum Gasteiger partial charge on any atom is -0.468 e. The predicted octanol–water partition coefficient (Wildman–Crippen LogP) is 1.65. The summed E-state index contributed by atoms with van der Waals surface area (Å²) in [5.74, 6) is 1.18. The van der Waals surface area contributed by atoms with Crippen molar-refractivity contribution in [3.63, 3.8) is 0 Å². The highest BCUT2D eigenvalue weighted by molar-refractivity contribution is 5.82. The molecule has 0 aromatic rings. The Bertz CT molecular complexity index is 324. The monoisotopic (exact) mass is 268 g/mol. The maximum atomic E-state index is 12.3. The lowest BCUT2D eigenvalue weighted by atomic mass is 9.91. The van der Waals surface area contributed by atoms with Crippen LogP contribution in [0.4, 0.5) is 0 Å². The summed E-state index contributed by atoms with van der Waals surface area (Å²) in [6.45, 7) is 6.32. The topological polar surface area (TPSA) is 41.6 Å². The van der Waals surface area contributed by atoms with E-state index in [1.807, 2.05) is 7.05 Å². The Morgan fingerprint density at radius 2 is 2.00 bits per heavy atom. The first kappa shape index (κ1) is 14.8. The average Bonchev–Trinajstić information content (AvgIpc) is 3.26. The van der Waals surface area contributed by atoms with Crippen LogP contribution in [0.3, 0.4) is 0 Å². The summed E-state index contributed by atoms with van der Waals surface area (Å²) in [5, 5.41) is 3.29. The van der Waals surface area contributed by atoms with Crippen LogP contribution >= 0.6 is 0 Å². The van der Waals surface area contributed by atoms with Gasteiger partial charge in [0.25, 0.3) is 0 Å². The zero-order valence-corrected chi connectivity index (χ0v) is 12.7. The lowest BCUT2D eigenvalue weighted by Gasteiger charge is -2.38. The van der Waals surface area contributed by atoms with E-state index in [4.69, 9.17) is 4.74 Å². The summed E-state index contributed by atoms with van der Waals surface area (Å²) in [4.78, 5) is 14.7. The van der Waals surface area contributed by atoms with Crippen molar-refractivity contribution < 1.29 is 9.53 Å². The fourth-order valence-electron chi connectivity index (χ4n) is 2.91. The molecule has 2 saturated carbocycles. The molecule has 2 aliphatic carbocycles. The van der Waals surface area contributed by atoms with Gasteiger partial charge in [-0.25, -0.2) is 4.79 Å². The second-order valence-electron chi connectivity index (χ2n) is 6.45. The van der Waals surface area contributed by atoms with Crippen molar-refractivity contribution in [2.24, 2.45) is 11.8 Å². The van der Waals surface area contributed by atoms with E-state index in [1.165, 1.54) is 20.0 Å². The first-order valence-electron chi connectivity index (χ1n) is 7.55. The van der Waals surface area contributed by atoms with E-state index in [1.54, 1.807) is 0 Å². The van der Waals surface area contributed by atoms with Crippen LogP contribution in [0.15, 0.2) is 0 Å². The molecule has 110 valence electrons. The number of ether oxygens (including phenoxy) is 1. The van der Waals surface area contributed by atoms with Crippen molar-refractivity contribution in [3.05, 3.63) is 0 Å². The smallest absolute Gasteiger partial charge is 0.327 e. The van der Waals surface area contributed by atoms with Crippen LogP contribution in [0.1, 0.15) is 39.5 Å². The van der Waals surface area contributed by atoms with Crippen LogP contribution in [0.2, 0.25) is 0 Å². The van der Waals surface area contributed by atoms with E-state index < -0.39 is 5.54 Å². The number of methoxy groups -OCH3 is 1. The fraction of sp³-hybridized carbons (Fsp3) is 0.933. The number of rotatable bonds is 8. The number of carbonyl (C=O) groups is 1. The standard InChI is InChI=1S/C15H28N2O2/c1-11(2)17(9-12-5-6-12)10-15(16-3,13-7-8-13)14(18)19-4/h11-13,16H,5-10H2,1-4H3. The summed E-state index contributed by atoms with van der Waals surface area (Å²) in [6.07, 6.45) is 4.95. The molecular formula is C15H28N2O2. The molecule has 2 fully saturated rings. The third-order valence-corrected chi connectivity index (χ3v) is 4.64. The van der Waals surface area contributed by atoms with E-state index in [-0.39, 0.29) is 5.97 Å². The van der Waals surface area contributed by atoms with Crippen LogP contribution < -0.4 is 5.32 Å². The molecule has 0 aromatic heterocycles. The molecule has 0 bridgehead atoms. The van der Waals surface area contributed by atoms with Crippen LogP contribution in [0.25, 0.3) is 0 Å². The van der Waals surface area contributed by atoms with Gasteiger partial charge in [0.15, 0.2) is 0 Å². The van der Waals surface area contributed by atoms with Gasteiger partial charge in [-0.05, 0) is 58.4 Å². The van der Waals surface area contributed by atoms with Gasteiger partial charge in [-0.3, -0.25) is 4.90 Å². The molecule has 19 heavy (non-hydrogen) atoms. The Morgan fingerprint density at radius 3 is 2.37 bits per heavy atom. The summed E-state index contributed by atoms with van der Waals surface area (Å²) in [5.41, 5.74) is -0.506. The maximum absolute atomic E-state index is 12.3. The lowest BCUT2D eigenvalue weighted by molar-refractivity contribution is -0.150. The molecule has 0 amide bonds. The second kappa shape index (κ2) is 5.80. The van der Waals surface area contributed by atoms with E-state index in [2.05, 4.69) is 24.1 Å². The van der Waals surface area contributed by atoms with Gasteiger partial charge in [-0.2, -0.15) is 0 Å². The first-order valence-corrected chi connectivity index (χ1v) is 7.55. The summed E-state index contributed by atoms with van der Waals surface area (Å²) in [6, 6.07) is 0.469. The molecule has 0 aromatic carbocycles. The van der Waals surface area contributed by atoms with Crippen LogP contribution in [-0.2, 0) is 9.53 Å². The largest absolute Gasteiger partial charge is 0.468 e. The average molecular weight is 268 g/mol. The Morgan fingerprint density at radius 1 is 1.37 bits per heavy atom. The molecule has 2 rings (SSSR count). The van der Waals surface area contributed by atoms with Crippen molar-refractivity contribution in [2.75, 3.05) is 27.2 Å². The maximum Gasteiger partial charge on any atom is 0.327 e. The number of esters is 1. The lowest BCUT2D eigenvalue weighted by Crippen LogP contribution is -2.61.